The van der Waals surface area contributed by atoms with E-state index in [1.165, 1.54) is 17.2 Å². The van der Waals surface area contributed by atoms with Crippen LogP contribution >= 0.6 is 0 Å². The molecule has 1 amide bonds. The molecule has 0 saturated heterocycles. The van der Waals surface area contributed by atoms with Gasteiger partial charge in [0, 0.05) is 23.7 Å². The van der Waals surface area contributed by atoms with Crippen molar-refractivity contribution in [2.24, 2.45) is 0 Å². The maximum atomic E-state index is 12.1. The summed E-state index contributed by atoms with van der Waals surface area (Å²) in [6.45, 7) is 4.24. The van der Waals surface area contributed by atoms with Gasteiger partial charge in [0.05, 0.1) is 4.92 Å². The number of benzene rings is 2. The second-order valence-corrected chi connectivity index (χ2v) is 5.60. The number of nitrogens with one attached hydrogen (secondary N) is 1. The molecule has 0 aliphatic rings. The maximum absolute atomic E-state index is 12.1. The Hall–Kier alpha value is -2.69. The van der Waals surface area contributed by atoms with Gasteiger partial charge in [0.15, 0.2) is 0 Å². The van der Waals surface area contributed by atoms with Crippen molar-refractivity contribution in [2.45, 2.75) is 26.7 Å². The number of nitro benzene ring substituents is 1. The Kier molecular flexibility index (Phi) is 5.46. The van der Waals surface area contributed by atoms with E-state index in [1.54, 1.807) is 19.1 Å². The van der Waals surface area contributed by atoms with Crippen LogP contribution in [0.2, 0.25) is 0 Å². The van der Waals surface area contributed by atoms with E-state index in [2.05, 4.69) is 29.6 Å². The predicted molar refractivity (Wildman–Crippen MR) is 89.7 cm³/mol. The van der Waals surface area contributed by atoms with Gasteiger partial charge in [0.25, 0.3) is 11.6 Å². The molecule has 1 N–H and O–H groups in total. The minimum atomic E-state index is -0.469. The van der Waals surface area contributed by atoms with Crippen molar-refractivity contribution in [3.05, 3.63) is 74.8 Å². The Morgan fingerprint density at radius 1 is 1.13 bits per heavy atom. The molecule has 2 rings (SSSR count). The van der Waals surface area contributed by atoms with E-state index in [4.69, 9.17) is 0 Å². The van der Waals surface area contributed by atoms with E-state index in [1.807, 2.05) is 6.92 Å². The fourth-order valence-electron chi connectivity index (χ4n) is 2.30. The smallest absolute Gasteiger partial charge is 0.273 e. The van der Waals surface area contributed by atoms with Crippen LogP contribution in [0.3, 0.4) is 0 Å². The highest BCUT2D eigenvalue weighted by Crippen LogP contribution is 2.19. The molecular formula is C18H20N2O3. The van der Waals surface area contributed by atoms with Gasteiger partial charge in [-0.1, -0.05) is 35.9 Å². The van der Waals surface area contributed by atoms with E-state index in [0.29, 0.717) is 17.7 Å². The van der Waals surface area contributed by atoms with Crippen molar-refractivity contribution in [1.82, 2.24) is 5.32 Å². The van der Waals surface area contributed by atoms with Crippen LogP contribution in [-0.2, 0) is 6.42 Å². The van der Waals surface area contributed by atoms with Crippen LogP contribution in [0.5, 0.6) is 0 Å². The zero-order valence-corrected chi connectivity index (χ0v) is 13.3. The van der Waals surface area contributed by atoms with Gasteiger partial charge in [-0.15, -0.1) is 0 Å². The number of carbonyl (C=O) groups excluding carboxylic acids is 1. The van der Waals surface area contributed by atoms with E-state index >= 15 is 0 Å². The first-order valence-electron chi connectivity index (χ1n) is 7.56. The summed E-state index contributed by atoms with van der Waals surface area (Å²) < 4.78 is 0. The van der Waals surface area contributed by atoms with Gasteiger partial charge in [-0.2, -0.15) is 0 Å². The van der Waals surface area contributed by atoms with E-state index < -0.39 is 4.92 Å². The number of rotatable bonds is 6. The topological polar surface area (TPSA) is 72.2 Å². The lowest BCUT2D eigenvalue weighted by atomic mass is 10.1. The van der Waals surface area contributed by atoms with Gasteiger partial charge >= 0.3 is 0 Å². The number of amides is 1. The van der Waals surface area contributed by atoms with Gasteiger partial charge in [-0.25, -0.2) is 0 Å². The summed E-state index contributed by atoms with van der Waals surface area (Å²) in [6, 6.07) is 12.8. The quantitative estimate of drug-likeness (QED) is 0.503. The standard InChI is InChI=1S/C18H20N2O3/c1-13-5-8-15(9-6-13)4-3-11-19-18(21)16-10-7-14(2)17(12-16)20(22)23/h5-10,12H,3-4,11H2,1-2H3,(H,19,21). The average molecular weight is 312 g/mol. The molecule has 0 bridgehead atoms. The Bertz CT molecular complexity index is 709. The zero-order chi connectivity index (χ0) is 16.8. The maximum Gasteiger partial charge on any atom is 0.273 e. The highest BCUT2D eigenvalue weighted by atomic mass is 16.6. The largest absolute Gasteiger partial charge is 0.352 e. The lowest BCUT2D eigenvalue weighted by Crippen LogP contribution is -2.24. The van der Waals surface area contributed by atoms with Crippen molar-refractivity contribution in [3.63, 3.8) is 0 Å². The summed E-state index contributed by atoms with van der Waals surface area (Å²) in [5, 5.41) is 13.7. The van der Waals surface area contributed by atoms with Crippen LogP contribution in [0.25, 0.3) is 0 Å². The predicted octanol–water partition coefficient (Wildman–Crippen LogP) is 3.57. The molecule has 0 atom stereocenters. The second kappa shape index (κ2) is 7.54. The second-order valence-electron chi connectivity index (χ2n) is 5.60. The molecule has 0 spiro atoms. The van der Waals surface area contributed by atoms with Gasteiger partial charge in [0.2, 0.25) is 0 Å². The molecule has 0 fully saturated rings. The van der Waals surface area contributed by atoms with E-state index in [0.717, 1.165) is 12.8 Å². The summed E-state index contributed by atoms with van der Waals surface area (Å²) in [4.78, 5) is 22.5. The van der Waals surface area contributed by atoms with Gasteiger partial charge in [0.1, 0.15) is 0 Å². The average Bonchev–Trinajstić information content (AvgIpc) is 2.53. The molecular weight excluding hydrogens is 292 g/mol. The molecule has 0 heterocycles. The first-order chi connectivity index (χ1) is 11.0. The molecule has 23 heavy (non-hydrogen) atoms. The number of hydrogen-bond acceptors (Lipinski definition) is 3. The Morgan fingerprint density at radius 3 is 2.48 bits per heavy atom. The highest BCUT2D eigenvalue weighted by molar-refractivity contribution is 5.94. The van der Waals surface area contributed by atoms with Crippen LogP contribution in [0, 0.1) is 24.0 Å². The summed E-state index contributed by atoms with van der Waals surface area (Å²) >= 11 is 0. The summed E-state index contributed by atoms with van der Waals surface area (Å²) in [5.74, 6) is -0.281. The lowest BCUT2D eigenvalue weighted by Gasteiger charge is -2.06. The number of nitrogens with zero attached hydrogens (tertiary/aromatic N) is 1. The van der Waals surface area contributed by atoms with Crippen molar-refractivity contribution < 1.29 is 9.72 Å². The molecule has 5 heteroatoms. The minimum Gasteiger partial charge on any atom is -0.352 e. The van der Waals surface area contributed by atoms with E-state index in [9.17, 15) is 14.9 Å². The lowest BCUT2D eigenvalue weighted by molar-refractivity contribution is -0.385. The number of carbonyl (C=O) groups is 1. The molecule has 0 aliphatic heterocycles. The Morgan fingerprint density at radius 2 is 1.83 bits per heavy atom. The van der Waals surface area contributed by atoms with Crippen molar-refractivity contribution in [1.29, 1.82) is 0 Å². The van der Waals surface area contributed by atoms with Crippen LogP contribution in [-0.4, -0.2) is 17.4 Å². The zero-order valence-electron chi connectivity index (χ0n) is 13.3. The molecule has 0 radical (unpaired) electrons. The van der Waals surface area contributed by atoms with Crippen LogP contribution in [0.1, 0.15) is 33.5 Å². The molecule has 0 saturated carbocycles. The van der Waals surface area contributed by atoms with Gasteiger partial charge in [-0.05, 0) is 38.3 Å². The van der Waals surface area contributed by atoms with Crippen molar-refractivity contribution >= 4 is 11.6 Å². The van der Waals surface area contributed by atoms with E-state index in [-0.39, 0.29) is 11.6 Å². The Balaban J connectivity index is 1.86. The molecule has 0 aromatic heterocycles. The normalized spacial score (nSPS) is 10.3. The SMILES string of the molecule is Cc1ccc(CCCNC(=O)c2ccc(C)c([N+](=O)[O-])c2)cc1. The molecule has 0 aliphatic carbocycles. The van der Waals surface area contributed by atoms with Crippen LogP contribution < -0.4 is 5.32 Å². The first kappa shape index (κ1) is 16.7. The Labute approximate surface area is 135 Å². The van der Waals surface area contributed by atoms with Crippen LogP contribution in [0.4, 0.5) is 5.69 Å². The minimum absolute atomic E-state index is 0.0303. The molecule has 2 aromatic carbocycles. The summed E-state index contributed by atoms with van der Waals surface area (Å²) in [5.41, 5.74) is 3.29. The molecule has 0 unspecified atom stereocenters. The number of nitro groups is 1. The number of aryl methyl sites for hydroxylation is 3. The summed E-state index contributed by atoms with van der Waals surface area (Å²) in [7, 11) is 0. The third kappa shape index (κ3) is 4.64. The van der Waals surface area contributed by atoms with Gasteiger partial charge in [-0.3, -0.25) is 14.9 Å². The van der Waals surface area contributed by atoms with Gasteiger partial charge < -0.3 is 5.32 Å². The molecule has 5 nitrogen and oxygen atoms in total. The third-order valence-corrected chi connectivity index (χ3v) is 3.72. The molecule has 120 valence electrons. The molecule has 2 aromatic rings. The number of hydrogen-bond donors (Lipinski definition) is 1. The first-order valence-corrected chi connectivity index (χ1v) is 7.56. The monoisotopic (exact) mass is 312 g/mol. The highest BCUT2D eigenvalue weighted by Gasteiger charge is 2.14. The third-order valence-electron chi connectivity index (χ3n) is 3.72. The summed E-state index contributed by atoms with van der Waals surface area (Å²) in [6.07, 6.45) is 1.71. The van der Waals surface area contributed by atoms with Crippen molar-refractivity contribution in [3.8, 4) is 0 Å². The van der Waals surface area contributed by atoms with Crippen molar-refractivity contribution in [2.75, 3.05) is 6.54 Å². The van der Waals surface area contributed by atoms with Crippen LogP contribution in [0.15, 0.2) is 42.5 Å². The fourth-order valence-corrected chi connectivity index (χ4v) is 2.30. The fraction of sp³-hybridized carbons (Fsp3) is 0.278.